The maximum atomic E-state index is 6.70. The first kappa shape index (κ1) is 18.8. The molecular formula is C31H19BrO2. The highest BCUT2D eigenvalue weighted by Gasteiger charge is 2.55. The van der Waals surface area contributed by atoms with E-state index < -0.39 is 0 Å². The average molecular weight is 503 g/mol. The zero-order valence-electron chi connectivity index (χ0n) is 18.2. The van der Waals surface area contributed by atoms with E-state index in [1.54, 1.807) is 0 Å². The second-order valence-electron chi connectivity index (χ2n) is 9.26. The van der Waals surface area contributed by atoms with Crippen molar-refractivity contribution in [2.24, 2.45) is 0 Å². The Hall–Kier alpha value is -3.56. The molecule has 0 N–H and O–H groups in total. The molecule has 2 unspecified atom stereocenters. The number of ether oxygens (including phenoxy) is 2. The fourth-order valence-corrected chi connectivity index (χ4v) is 6.97. The summed E-state index contributed by atoms with van der Waals surface area (Å²) < 4.78 is 14.1. The van der Waals surface area contributed by atoms with Crippen molar-refractivity contribution in [1.82, 2.24) is 0 Å². The van der Waals surface area contributed by atoms with Gasteiger partial charge >= 0.3 is 0 Å². The van der Waals surface area contributed by atoms with Gasteiger partial charge in [0.05, 0.1) is 9.89 Å². The number of benzene rings is 4. The summed E-state index contributed by atoms with van der Waals surface area (Å²) in [5.74, 6) is 1.55. The molecule has 0 saturated carbocycles. The largest absolute Gasteiger partial charge is 0.477 e. The molecule has 0 radical (unpaired) electrons. The van der Waals surface area contributed by atoms with Crippen LogP contribution in [0.2, 0.25) is 0 Å². The molecule has 0 amide bonds. The molecule has 8 rings (SSSR count). The highest BCUT2D eigenvalue weighted by Crippen LogP contribution is 2.63. The van der Waals surface area contributed by atoms with E-state index in [-0.39, 0.29) is 17.6 Å². The summed E-state index contributed by atoms with van der Waals surface area (Å²) in [6.45, 7) is 0. The molecule has 0 saturated heterocycles. The second-order valence-corrected chi connectivity index (χ2v) is 10.1. The minimum absolute atomic E-state index is 0.181. The van der Waals surface area contributed by atoms with E-state index in [1.165, 1.54) is 44.5 Å². The molecule has 0 bridgehead atoms. The third kappa shape index (κ3) is 2.12. The first-order chi connectivity index (χ1) is 16.8. The summed E-state index contributed by atoms with van der Waals surface area (Å²) in [5, 5.41) is 0. The van der Waals surface area contributed by atoms with Crippen LogP contribution in [-0.4, -0.2) is 12.2 Å². The topological polar surface area (TPSA) is 18.5 Å². The molecule has 1 heterocycles. The molecule has 0 fully saturated rings. The summed E-state index contributed by atoms with van der Waals surface area (Å²) in [5.41, 5.74) is 10.1. The highest BCUT2D eigenvalue weighted by molar-refractivity contribution is 9.10. The van der Waals surface area contributed by atoms with Crippen molar-refractivity contribution >= 4 is 21.5 Å². The number of para-hydroxylation sites is 1. The molecule has 4 aromatic carbocycles. The zero-order chi connectivity index (χ0) is 22.4. The average Bonchev–Trinajstić information content (AvgIpc) is 3.36. The lowest BCUT2D eigenvalue weighted by Crippen LogP contribution is -2.41. The maximum absolute atomic E-state index is 6.70. The molecule has 1 aliphatic heterocycles. The third-order valence-electron chi connectivity index (χ3n) is 7.74. The first-order valence-electron chi connectivity index (χ1n) is 11.6. The number of halogens is 1. The van der Waals surface area contributed by atoms with Crippen LogP contribution in [0, 0.1) is 0 Å². The van der Waals surface area contributed by atoms with Crippen LogP contribution in [0.15, 0.2) is 113 Å². The van der Waals surface area contributed by atoms with Crippen molar-refractivity contribution in [2.75, 3.05) is 0 Å². The van der Waals surface area contributed by atoms with Crippen LogP contribution < -0.4 is 9.47 Å². The van der Waals surface area contributed by atoms with Gasteiger partial charge in [-0.15, -0.1) is 0 Å². The van der Waals surface area contributed by atoms with Gasteiger partial charge in [0.2, 0.25) is 0 Å². The van der Waals surface area contributed by atoms with Crippen LogP contribution in [0.5, 0.6) is 11.5 Å². The molecule has 1 spiro atoms. The number of hydrogen-bond donors (Lipinski definition) is 0. The summed E-state index contributed by atoms with van der Waals surface area (Å²) in [7, 11) is 0. The van der Waals surface area contributed by atoms with Gasteiger partial charge in [-0.2, -0.15) is 0 Å². The van der Waals surface area contributed by atoms with Gasteiger partial charge < -0.3 is 9.47 Å². The SMILES string of the molecule is Brc1cccc2c1OC1C=CC3=C(c4ccccc4C34c3ccccc3-c3ccccc34)C1O2. The standard InChI is InChI=1S/C31H19BrO2/c32-25-14-7-15-26-29(25)33-27-17-16-24-28(30(27)34-26)20-10-3-6-13-23(20)31(24)21-11-4-1-8-18(21)19-9-2-5-12-22(19)31/h1-17,27,30H. The zero-order valence-corrected chi connectivity index (χ0v) is 19.8. The van der Waals surface area contributed by atoms with Crippen LogP contribution in [-0.2, 0) is 5.41 Å². The van der Waals surface area contributed by atoms with Crippen LogP contribution in [0.1, 0.15) is 22.3 Å². The van der Waals surface area contributed by atoms with E-state index >= 15 is 0 Å². The monoisotopic (exact) mass is 502 g/mol. The first-order valence-corrected chi connectivity index (χ1v) is 12.4. The van der Waals surface area contributed by atoms with Crippen molar-refractivity contribution in [2.45, 2.75) is 17.6 Å². The lowest BCUT2D eigenvalue weighted by Gasteiger charge is -2.38. The van der Waals surface area contributed by atoms with Crippen molar-refractivity contribution in [1.29, 1.82) is 0 Å². The molecule has 3 heteroatoms. The van der Waals surface area contributed by atoms with Crippen LogP contribution >= 0.6 is 15.9 Å². The van der Waals surface area contributed by atoms with Gasteiger partial charge in [-0.25, -0.2) is 0 Å². The molecule has 162 valence electrons. The van der Waals surface area contributed by atoms with E-state index in [1.807, 2.05) is 18.2 Å². The van der Waals surface area contributed by atoms with Crippen molar-refractivity contribution in [3.8, 4) is 22.6 Å². The predicted molar refractivity (Wildman–Crippen MR) is 137 cm³/mol. The molecule has 4 aliphatic rings. The van der Waals surface area contributed by atoms with E-state index in [0.717, 1.165) is 16.0 Å². The highest BCUT2D eigenvalue weighted by atomic mass is 79.9. The summed E-state index contributed by atoms with van der Waals surface area (Å²) in [6.07, 6.45) is 4.09. The molecular weight excluding hydrogens is 484 g/mol. The Morgan fingerprint density at radius 2 is 1.26 bits per heavy atom. The smallest absolute Gasteiger partial charge is 0.176 e. The van der Waals surface area contributed by atoms with Gasteiger partial charge in [-0.3, -0.25) is 0 Å². The molecule has 4 aromatic rings. The van der Waals surface area contributed by atoms with Crippen LogP contribution in [0.25, 0.3) is 16.7 Å². The quantitative estimate of drug-likeness (QED) is 0.251. The lowest BCUT2D eigenvalue weighted by atomic mass is 9.69. The van der Waals surface area contributed by atoms with E-state index in [2.05, 4.69) is 101 Å². The molecule has 3 aliphatic carbocycles. The number of hydrogen-bond acceptors (Lipinski definition) is 2. The van der Waals surface area contributed by atoms with Gasteiger partial charge in [0.25, 0.3) is 0 Å². The number of rotatable bonds is 0. The minimum Gasteiger partial charge on any atom is -0.477 e. The number of fused-ring (bicyclic) bond motifs is 12. The Kier molecular flexibility index (Phi) is 3.61. The Morgan fingerprint density at radius 3 is 1.97 bits per heavy atom. The fourth-order valence-electron chi connectivity index (χ4n) is 6.53. The summed E-state index contributed by atoms with van der Waals surface area (Å²) >= 11 is 3.62. The summed E-state index contributed by atoms with van der Waals surface area (Å²) in [4.78, 5) is 0. The second kappa shape index (κ2) is 6.52. The predicted octanol–water partition coefficient (Wildman–Crippen LogP) is 7.31. The van der Waals surface area contributed by atoms with Gasteiger partial charge in [0.15, 0.2) is 23.7 Å². The van der Waals surface area contributed by atoms with Crippen LogP contribution in [0.4, 0.5) is 0 Å². The Labute approximate surface area is 206 Å². The fraction of sp³-hybridized carbons (Fsp3) is 0.0968. The Bertz CT molecular complexity index is 1550. The lowest BCUT2D eigenvalue weighted by molar-refractivity contribution is 0.0802. The van der Waals surface area contributed by atoms with Gasteiger partial charge in [-0.05, 0) is 73.1 Å². The Balaban J connectivity index is 1.45. The van der Waals surface area contributed by atoms with Crippen molar-refractivity contribution in [3.63, 3.8) is 0 Å². The van der Waals surface area contributed by atoms with Gasteiger partial charge in [0.1, 0.15) is 0 Å². The molecule has 2 nitrogen and oxygen atoms in total. The molecule has 0 aromatic heterocycles. The van der Waals surface area contributed by atoms with E-state index in [0.29, 0.717) is 0 Å². The number of allylic oxidation sites excluding steroid dienone is 2. The molecule has 34 heavy (non-hydrogen) atoms. The van der Waals surface area contributed by atoms with Crippen LogP contribution in [0.3, 0.4) is 0 Å². The van der Waals surface area contributed by atoms with Gasteiger partial charge in [-0.1, -0.05) is 84.9 Å². The molecule has 2 atom stereocenters. The minimum atomic E-state index is -0.346. The van der Waals surface area contributed by atoms with E-state index in [9.17, 15) is 0 Å². The maximum Gasteiger partial charge on any atom is 0.176 e. The van der Waals surface area contributed by atoms with Gasteiger partial charge in [0, 0.05) is 5.57 Å². The third-order valence-corrected chi connectivity index (χ3v) is 8.37. The Morgan fingerprint density at radius 1 is 0.647 bits per heavy atom. The van der Waals surface area contributed by atoms with Crippen molar-refractivity contribution in [3.05, 3.63) is 135 Å². The summed E-state index contributed by atoms with van der Waals surface area (Å²) in [6, 6.07) is 32.5. The van der Waals surface area contributed by atoms with E-state index in [4.69, 9.17) is 9.47 Å². The van der Waals surface area contributed by atoms with Crippen molar-refractivity contribution < 1.29 is 9.47 Å². The normalized spacial score (nSPS) is 21.6.